The van der Waals surface area contributed by atoms with E-state index in [0.717, 1.165) is 14.7 Å². The maximum atomic E-state index is 13.6. The number of imide groups is 1. The molecule has 0 saturated carbocycles. The molecular formula is C26H22ClIN2O3. The van der Waals surface area contributed by atoms with Gasteiger partial charge in [0.2, 0.25) is 5.91 Å². The van der Waals surface area contributed by atoms with Crippen LogP contribution in [0.2, 0.25) is 5.02 Å². The Balaban J connectivity index is 1.65. The molecular weight excluding hydrogens is 551 g/mol. The molecule has 3 aromatic rings. The SMILES string of the molecule is Cc1ccccc1C(=O)N(CCc1cccc(Cl)c1)C1CC(=O)N(c2ccc(I)cc2)C1=O. The van der Waals surface area contributed by atoms with Crippen LogP contribution in [0.5, 0.6) is 0 Å². The molecule has 33 heavy (non-hydrogen) atoms. The zero-order chi connectivity index (χ0) is 23.5. The summed E-state index contributed by atoms with van der Waals surface area (Å²) in [5.74, 6) is -0.948. The smallest absolute Gasteiger partial charge is 0.257 e. The average Bonchev–Trinajstić information content (AvgIpc) is 3.08. The highest BCUT2D eigenvalue weighted by atomic mass is 127. The highest BCUT2D eigenvalue weighted by molar-refractivity contribution is 14.1. The number of anilines is 1. The fourth-order valence-corrected chi connectivity index (χ4v) is 4.60. The topological polar surface area (TPSA) is 57.7 Å². The molecule has 3 aromatic carbocycles. The third-order valence-corrected chi connectivity index (χ3v) is 6.70. The molecule has 0 aliphatic carbocycles. The van der Waals surface area contributed by atoms with Crippen LogP contribution in [0, 0.1) is 10.5 Å². The highest BCUT2D eigenvalue weighted by Crippen LogP contribution is 2.28. The second-order valence-electron chi connectivity index (χ2n) is 7.96. The Morgan fingerprint density at radius 1 is 1.06 bits per heavy atom. The number of aryl methyl sites for hydroxylation is 1. The van der Waals surface area contributed by atoms with Gasteiger partial charge < -0.3 is 4.90 Å². The van der Waals surface area contributed by atoms with E-state index in [1.54, 1.807) is 30.3 Å². The van der Waals surface area contributed by atoms with Crippen LogP contribution in [-0.2, 0) is 16.0 Å². The van der Waals surface area contributed by atoms with Crippen molar-refractivity contribution in [3.8, 4) is 0 Å². The van der Waals surface area contributed by atoms with Gasteiger partial charge in [-0.25, -0.2) is 4.90 Å². The molecule has 7 heteroatoms. The lowest BCUT2D eigenvalue weighted by Gasteiger charge is -2.28. The second kappa shape index (κ2) is 10.1. The number of carbonyl (C=O) groups excluding carboxylic acids is 3. The van der Waals surface area contributed by atoms with Gasteiger partial charge in [-0.3, -0.25) is 14.4 Å². The summed E-state index contributed by atoms with van der Waals surface area (Å²) in [5, 5.41) is 0.612. The maximum Gasteiger partial charge on any atom is 0.257 e. The van der Waals surface area contributed by atoms with Crippen molar-refractivity contribution in [2.24, 2.45) is 0 Å². The quantitative estimate of drug-likeness (QED) is 0.299. The van der Waals surface area contributed by atoms with E-state index in [-0.39, 0.29) is 30.7 Å². The van der Waals surface area contributed by atoms with Gasteiger partial charge in [-0.05, 0) is 89.5 Å². The Morgan fingerprint density at radius 3 is 2.48 bits per heavy atom. The minimum atomic E-state index is -0.858. The van der Waals surface area contributed by atoms with Crippen LogP contribution >= 0.6 is 34.2 Å². The highest BCUT2D eigenvalue weighted by Gasteiger charge is 2.44. The average molecular weight is 573 g/mol. The van der Waals surface area contributed by atoms with Crippen molar-refractivity contribution < 1.29 is 14.4 Å². The first kappa shape index (κ1) is 23.4. The zero-order valence-corrected chi connectivity index (χ0v) is 20.9. The number of nitrogens with zero attached hydrogens (tertiary/aromatic N) is 2. The van der Waals surface area contributed by atoms with Crippen molar-refractivity contribution in [3.63, 3.8) is 0 Å². The van der Waals surface area contributed by atoms with Crippen LogP contribution in [0.4, 0.5) is 5.69 Å². The number of halogens is 2. The third-order valence-electron chi connectivity index (χ3n) is 5.75. The number of hydrogen-bond donors (Lipinski definition) is 0. The number of carbonyl (C=O) groups is 3. The Bertz CT molecular complexity index is 1210. The van der Waals surface area contributed by atoms with Gasteiger partial charge >= 0.3 is 0 Å². The van der Waals surface area contributed by atoms with Crippen molar-refractivity contribution in [1.82, 2.24) is 4.90 Å². The molecule has 0 radical (unpaired) electrons. The van der Waals surface area contributed by atoms with Gasteiger partial charge in [0.05, 0.1) is 12.1 Å². The second-order valence-corrected chi connectivity index (χ2v) is 9.64. The van der Waals surface area contributed by atoms with Gasteiger partial charge in [-0.2, -0.15) is 0 Å². The van der Waals surface area contributed by atoms with Crippen LogP contribution in [0.15, 0.2) is 72.8 Å². The molecule has 0 spiro atoms. The molecule has 1 fully saturated rings. The molecule has 0 bridgehead atoms. The van der Waals surface area contributed by atoms with Crippen LogP contribution in [0.25, 0.3) is 0 Å². The third kappa shape index (κ3) is 5.12. The van der Waals surface area contributed by atoms with E-state index in [1.807, 2.05) is 49.4 Å². The summed E-state index contributed by atoms with van der Waals surface area (Å²) in [5.41, 5.74) is 2.82. The van der Waals surface area contributed by atoms with Gasteiger partial charge in [0, 0.05) is 20.7 Å². The first-order chi connectivity index (χ1) is 15.8. The molecule has 5 nitrogen and oxygen atoms in total. The Hall–Kier alpha value is -2.71. The van der Waals surface area contributed by atoms with Gasteiger partial charge in [0.25, 0.3) is 11.8 Å². The zero-order valence-electron chi connectivity index (χ0n) is 18.0. The Morgan fingerprint density at radius 2 is 1.79 bits per heavy atom. The molecule has 1 unspecified atom stereocenters. The van der Waals surface area contributed by atoms with Gasteiger partial charge in [-0.15, -0.1) is 0 Å². The van der Waals surface area contributed by atoms with E-state index >= 15 is 0 Å². The first-order valence-corrected chi connectivity index (χ1v) is 12.0. The van der Waals surface area contributed by atoms with Crippen molar-refractivity contribution in [1.29, 1.82) is 0 Å². The molecule has 1 atom stereocenters. The van der Waals surface area contributed by atoms with Crippen LogP contribution in [0.3, 0.4) is 0 Å². The molecule has 1 aliphatic rings. The molecule has 0 N–H and O–H groups in total. The predicted octanol–water partition coefficient (Wildman–Crippen LogP) is 5.27. The van der Waals surface area contributed by atoms with E-state index in [4.69, 9.17) is 11.6 Å². The molecule has 1 saturated heterocycles. The summed E-state index contributed by atoms with van der Waals surface area (Å²) in [7, 11) is 0. The minimum Gasteiger partial charge on any atom is -0.326 e. The summed E-state index contributed by atoms with van der Waals surface area (Å²) in [6.07, 6.45) is 0.470. The van der Waals surface area contributed by atoms with E-state index in [1.165, 1.54) is 9.80 Å². The molecule has 1 aliphatic heterocycles. The van der Waals surface area contributed by atoms with E-state index in [9.17, 15) is 14.4 Å². The fraction of sp³-hybridized carbons (Fsp3) is 0.192. The Kier molecular flexibility index (Phi) is 7.14. The van der Waals surface area contributed by atoms with E-state index in [2.05, 4.69) is 22.6 Å². The van der Waals surface area contributed by atoms with Crippen molar-refractivity contribution >= 4 is 57.6 Å². The lowest BCUT2D eigenvalue weighted by Crippen LogP contribution is -2.46. The molecule has 0 aromatic heterocycles. The Labute approximate surface area is 211 Å². The fourth-order valence-electron chi connectivity index (χ4n) is 4.03. The number of benzene rings is 3. The monoisotopic (exact) mass is 572 g/mol. The summed E-state index contributed by atoms with van der Waals surface area (Å²) in [6.45, 7) is 2.15. The number of rotatable bonds is 6. The number of hydrogen-bond acceptors (Lipinski definition) is 3. The maximum absolute atomic E-state index is 13.6. The van der Waals surface area contributed by atoms with Crippen molar-refractivity contribution in [2.45, 2.75) is 25.8 Å². The van der Waals surface area contributed by atoms with Gasteiger partial charge in [-0.1, -0.05) is 41.9 Å². The van der Waals surface area contributed by atoms with Crippen LogP contribution in [0.1, 0.15) is 27.9 Å². The summed E-state index contributed by atoms with van der Waals surface area (Å²) < 4.78 is 1.00. The van der Waals surface area contributed by atoms with E-state index in [0.29, 0.717) is 22.7 Å². The molecule has 3 amide bonds. The predicted molar refractivity (Wildman–Crippen MR) is 137 cm³/mol. The summed E-state index contributed by atoms with van der Waals surface area (Å²) >= 11 is 8.29. The first-order valence-electron chi connectivity index (χ1n) is 10.6. The van der Waals surface area contributed by atoms with Gasteiger partial charge in [0.1, 0.15) is 6.04 Å². The largest absolute Gasteiger partial charge is 0.326 e. The lowest BCUT2D eigenvalue weighted by molar-refractivity contribution is -0.122. The molecule has 1 heterocycles. The molecule has 4 rings (SSSR count). The molecule has 168 valence electrons. The lowest BCUT2D eigenvalue weighted by atomic mass is 10.0. The van der Waals surface area contributed by atoms with E-state index < -0.39 is 6.04 Å². The van der Waals surface area contributed by atoms with Crippen molar-refractivity contribution in [3.05, 3.63) is 98.1 Å². The van der Waals surface area contributed by atoms with Crippen LogP contribution in [-0.4, -0.2) is 35.2 Å². The van der Waals surface area contributed by atoms with Gasteiger partial charge in [0.15, 0.2) is 0 Å². The number of amides is 3. The standard InChI is InChI=1S/C26H22ClIN2O3/c1-17-5-2-3-8-22(17)25(32)29(14-13-18-6-4-7-19(27)15-18)23-16-24(31)30(26(23)33)21-11-9-20(28)10-12-21/h2-12,15,23H,13-14,16H2,1H3. The summed E-state index contributed by atoms with van der Waals surface area (Å²) in [4.78, 5) is 42.6. The normalized spacial score (nSPS) is 15.7. The summed E-state index contributed by atoms with van der Waals surface area (Å²) in [6, 6.07) is 21.0. The van der Waals surface area contributed by atoms with Crippen LogP contribution < -0.4 is 4.90 Å². The minimum absolute atomic E-state index is 0.0437. The van der Waals surface area contributed by atoms with Crippen molar-refractivity contribution in [2.75, 3.05) is 11.4 Å².